The van der Waals surface area contributed by atoms with Gasteiger partial charge in [-0.2, -0.15) is 0 Å². The lowest BCUT2D eigenvalue weighted by Crippen LogP contribution is -2.24. The van der Waals surface area contributed by atoms with Crippen LogP contribution >= 0.6 is 27.3 Å². The van der Waals surface area contributed by atoms with Crippen LogP contribution in [0.3, 0.4) is 0 Å². The van der Waals surface area contributed by atoms with Gasteiger partial charge in [-0.1, -0.05) is 15.9 Å². The average molecular weight is 362 g/mol. The Hall–Kier alpha value is -0.960. The van der Waals surface area contributed by atoms with Crippen molar-refractivity contribution in [3.05, 3.63) is 38.8 Å². The number of sulfonamides is 1. The van der Waals surface area contributed by atoms with E-state index in [0.717, 1.165) is 10.7 Å². The fraction of sp³-hybridized carbons (Fsp3) is 0.182. The third-order valence-corrected chi connectivity index (χ3v) is 5.26. The summed E-state index contributed by atoms with van der Waals surface area (Å²) in [5.74, 6) is 0. The van der Waals surface area contributed by atoms with Gasteiger partial charge in [0.25, 0.3) is 0 Å². The number of hydrogen-bond donors (Lipinski definition) is 2. The minimum absolute atomic E-state index is 0.0650. The summed E-state index contributed by atoms with van der Waals surface area (Å²) < 4.78 is 27.5. The standard InChI is InChI=1S/C11H12BrN3O2S2/c1-7-6-18-11(15-7)5-14-19(16,17)10-4-8(12)2-3-9(10)13/h2-4,6,14H,5,13H2,1H3. The number of halogens is 1. The van der Waals surface area contributed by atoms with Crippen molar-refractivity contribution >= 4 is 43.0 Å². The number of nitrogens with two attached hydrogens (primary N) is 1. The summed E-state index contributed by atoms with van der Waals surface area (Å²) >= 11 is 4.64. The zero-order valence-corrected chi connectivity index (χ0v) is 13.3. The van der Waals surface area contributed by atoms with Crippen LogP contribution in [0.15, 0.2) is 32.9 Å². The third kappa shape index (κ3) is 3.53. The lowest BCUT2D eigenvalue weighted by molar-refractivity contribution is 0.581. The number of thiazole rings is 1. The van der Waals surface area contributed by atoms with E-state index in [0.29, 0.717) is 4.47 Å². The minimum Gasteiger partial charge on any atom is -0.398 e. The molecule has 1 aromatic carbocycles. The van der Waals surface area contributed by atoms with Gasteiger partial charge in [0.2, 0.25) is 10.0 Å². The quantitative estimate of drug-likeness (QED) is 0.818. The molecule has 0 unspecified atom stereocenters. The monoisotopic (exact) mass is 361 g/mol. The highest BCUT2D eigenvalue weighted by Gasteiger charge is 2.18. The van der Waals surface area contributed by atoms with Gasteiger partial charge in [-0.25, -0.2) is 18.1 Å². The fourth-order valence-electron chi connectivity index (χ4n) is 1.46. The number of benzene rings is 1. The first kappa shape index (κ1) is 14.4. The van der Waals surface area contributed by atoms with Crippen molar-refractivity contribution in [1.29, 1.82) is 0 Å². The Kier molecular flexibility index (Phi) is 4.24. The molecule has 19 heavy (non-hydrogen) atoms. The Morgan fingerprint density at radius 2 is 2.21 bits per heavy atom. The molecule has 0 aliphatic rings. The van der Waals surface area contributed by atoms with E-state index in [4.69, 9.17) is 5.73 Å². The van der Waals surface area contributed by atoms with Gasteiger partial charge in [0, 0.05) is 15.5 Å². The van der Waals surface area contributed by atoms with Crippen LogP contribution in [0.5, 0.6) is 0 Å². The van der Waals surface area contributed by atoms with Crippen LogP contribution in [-0.4, -0.2) is 13.4 Å². The molecule has 0 atom stereocenters. The highest BCUT2D eigenvalue weighted by molar-refractivity contribution is 9.10. The van der Waals surface area contributed by atoms with Crippen LogP contribution in [0, 0.1) is 6.92 Å². The predicted octanol–water partition coefficient (Wildman–Crippen LogP) is 2.27. The maximum Gasteiger partial charge on any atom is 0.243 e. The van der Waals surface area contributed by atoms with Gasteiger partial charge in [0.05, 0.1) is 12.2 Å². The Balaban J connectivity index is 2.20. The lowest BCUT2D eigenvalue weighted by Gasteiger charge is -2.08. The second-order valence-electron chi connectivity index (χ2n) is 3.89. The molecule has 0 spiro atoms. The normalized spacial score (nSPS) is 11.7. The first-order valence-corrected chi connectivity index (χ1v) is 8.50. The van der Waals surface area contributed by atoms with Gasteiger partial charge >= 0.3 is 0 Å². The Bertz CT molecular complexity index is 698. The molecule has 0 saturated carbocycles. The molecule has 0 bridgehead atoms. The molecule has 5 nitrogen and oxygen atoms in total. The van der Waals surface area contributed by atoms with Gasteiger partial charge in [-0.15, -0.1) is 11.3 Å². The number of anilines is 1. The van der Waals surface area contributed by atoms with E-state index in [1.54, 1.807) is 12.1 Å². The predicted molar refractivity (Wildman–Crippen MR) is 79.4 cm³/mol. The van der Waals surface area contributed by atoms with Gasteiger partial charge in [0.1, 0.15) is 9.90 Å². The van der Waals surface area contributed by atoms with Crippen LogP contribution in [-0.2, 0) is 16.6 Å². The zero-order valence-electron chi connectivity index (χ0n) is 10.1. The van der Waals surface area contributed by atoms with E-state index in [2.05, 4.69) is 25.6 Å². The first-order valence-electron chi connectivity index (χ1n) is 5.34. The van der Waals surface area contributed by atoms with Crippen molar-refractivity contribution in [2.45, 2.75) is 18.4 Å². The highest BCUT2D eigenvalue weighted by Crippen LogP contribution is 2.23. The Morgan fingerprint density at radius 3 is 2.84 bits per heavy atom. The summed E-state index contributed by atoms with van der Waals surface area (Å²) in [6.07, 6.45) is 0. The summed E-state index contributed by atoms with van der Waals surface area (Å²) in [5.41, 5.74) is 6.79. The van der Waals surface area contributed by atoms with Crippen LogP contribution in [0.1, 0.15) is 10.7 Å². The molecular weight excluding hydrogens is 350 g/mol. The second kappa shape index (κ2) is 5.58. The zero-order chi connectivity index (χ0) is 14.0. The largest absolute Gasteiger partial charge is 0.398 e. The van der Waals surface area contributed by atoms with Gasteiger partial charge in [-0.3, -0.25) is 0 Å². The first-order chi connectivity index (χ1) is 8.88. The average Bonchev–Trinajstić information content (AvgIpc) is 2.76. The van der Waals surface area contributed by atoms with E-state index < -0.39 is 10.0 Å². The van der Waals surface area contributed by atoms with E-state index in [9.17, 15) is 8.42 Å². The van der Waals surface area contributed by atoms with Crippen LogP contribution in [0.25, 0.3) is 0 Å². The molecule has 0 amide bonds. The van der Waals surface area contributed by atoms with Crippen LogP contribution < -0.4 is 10.5 Å². The molecule has 0 aliphatic heterocycles. The minimum atomic E-state index is -3.64. The summed E-state index contributed by atoms with van der Waals surface area (Å²) in [7, 11) is -3.64. The van der Waals surface area contributed by atoms with Crippen molar-refractivity contribution < 1.29 is 8.42 Å². The number of nitrogens with zero attached hydrogens (tertiary/aromatic N) is 1. The summed E-state index contributed by atoms with van der Waals surface area (Å²) in [6.45, 7) is 2.02. The second-order valence-corrected chi connectivity index (χ2v) is 7.48. The topological polar surface area (TPSA) is 85.1 Å². The third-order valence-electron chi connectivity index (χ3n) is 2.35. The molecule has 1 heterocycles. The Morgan fingerprint density at radius 1 is 1.47 bits per heavy atom. The molecule has 1 aromatic heterocycles. The number of nitrogens with one attached hydrogen (secondary N) is 1. The van der Waals surface area contributed by atoms with Gasteiger partial charge in [-0.05, 0) is 25.1 Å². The molecule has 0 aliphatic carbocycles. The highest BCUT2D eigenvalue weighted by atomic mass is 79.9. The maximum absolute atomic E-state index is 12.2. The van der Waals surface area contributed by atoms with Crippen molar-refractivity contribution in [3.8, 4) is 0 Å². The van der Waals surface area contributed by atoms with Crippen LogP contribution in [0.4, 0.5) is 5.69 Å². The SMILES string of the molecule is Cc1csc(CNS(=O)(=O)c2cc(Br)ccc2N)n1. The van der Waals surface area contributed by atoms with Crippen molar-refractivity contribution in [2.24, 2.45) is 0 Å². The Labute approximate surface area is 124 Å². The van der Waals surface area contributed by atoms with Crippen molar-refractivity contribution in [1.82, 2.24) is 9.71 Å². The smallest absolute Gasteiger partial charge is 0.243 e. The number of hydrogen-bond acceptors (Lipinski definition) is 5. The number of aromatic nitrogens is 1. The molecular formula is C11H12BrN3O2S2. The summed E-state index contributed by atoms with van der Waals surface area (Å²) in [4.78, 5) is 4.26. The van der Waals surface area contributed by atoms with Gasteiger partial charge < -0.3 is 5.73 Å². The molecule has 102 valence electrons. The molecule has 2 rings (SSSR count). The van der Waals surface area contributed by atoms with E-state index >= 15 is 0 Å². The number of nitrogen functional groups attached to an aromatic ring is 1. The van der Waals surface area contributed by atoms with Gasteiger partial charge in [0.15, 0.2) is 0 Å². The summed E-state index contributed by atoms with van der Waals surface area (Å²) in [6, 6.07) is 4.72. The van der Waals surface area contributed by atoms with Crippen LogP contribution in [0.2, 0.25) is 0 Å². The molecule has 8 heteroatoms. The lowest BCUT2D eigenvalue weighted by atomic mass is 10.3. The van der Waals surface area contributed by atoms with E-state index in [1.807, 2.05) is 12.3 Å². The molecule has 0 saturated heterocycles. The van der Waals surface area contributed by atoms with Crippen molar-refractivity contribution in [3.63, 3.8) is 0 Å². The molecule has 3 N–H and O–H groups in total. The molecule has 0 fully saturated rings. The van der Waals surface area contributed by atoms with E-state index in [1.165, 1.54) is 17.4 Å². The number of rotatable bonds is 4. The summed E-state index contributed by atoms with van der Waals surface area (Å²) in [5, 5.41) is 2.59. The maximum atomic E-state index is 12.2. The van der Waals surface area contributed by atoms with Crippen molar-refractivity contribution in [2.75, 3.05) is 5.73 Å². The van der Waals surface area contributed by atoms with E-state index in [-0.39, 0.29) is 17.1 Å². The molecule has 2 aromatic rings. The number of aryl methyl sites for hydroxylation is 1. The molecule has 0 radical (unpaired) electrons. The fourth-order valence-corrected chi connectivity index (χ4v) is 3.92.